The smallest absolute Gasteiger partial charge is 0.338 e. The lowest BCUT2D eigenvalue weighted by molar-refractivity contribution is -0.148. The summed E-state index contributed by atoms with van der Waals surface area (Å²) in [5.41, 5.74) is 6.56. The topological polar surface area (TPSA) is 110 Å². The number of alkyl halides is 2. The van der Waals surface area contributed by atoms with Gasteiger partial charge < -0.3 is 20.5 Å². The molecule has 7 nitrogen and oxygen atoms in total. The van der Waals surface area contributed by atoms with Gasteiger partial charge in [-0.05, 0) is 43.4 Å². The Labute approximate surface area is 199 Å². The number of nitrogens with two attached hydrogens (primary N) is 1. The average Bonchev–Trinajstić information content (AvgIpc) is 3.24. The Morgan fingerprint density at radius 3 is 2.34 bits per heavy atom. The van der Waals surface area contributed by atoms with Crippen LogP contribution in [0.2, 0.25) is 0 Å². The van der Waals surface area contributed by atoms with Gasteiger partial charge in [0.05, 0.1) is 11.6 Å². The van der Waals surface area contributed by atoms with Crippen molar-refractivity contribution in [3.05, 3.63) is 35.4 Å². The molecule has 0 radical (unpaired) electrons. The highest BCUT2D eigenvalue weighted by atomic mass is 35.5. The Morgan fingerprint density at radius 1 is 1.19 bits per heavy atom. The molecular weight excluding hydrogens is 455 g/mol. The van der Waals surface area contributed by atoms with E-state index < -0.39 is 29.6 Å². The SMILES string of the molecule is CCCC(CCCl)(CCCl)OC(=O)c1ccc(C[C@H](N)C(=O)N2CCC[C@H]2C(=O)O)cc1. The summed E-state index contributed by atoms with van der Waals surface area (Å²) in [7, 11) is 0. The maximum Gasteiger partial charge on any atom is 0.338 e. The first-order chi connectivity index (χ1) is 15.3. The van der Waals surface area contributed by atoms with Crippen LogP contribution in [0.15, 0.2) is 24.3 Å². The maximum absolute atomic E-state index is 12.8. The van der Waals surface area contributed by atoms with Crippen molar-refractivity contribution in [1.29, 1.82) is 0 Å². The van der Waals surface area contributed by atoms with Gasteiger partial charge in [-0.3, -0.25) is 4.79 Å². The zero-order chi connectivity index (χ0) is 23.7. The number of carboxylic acids is 1. The second-order valence-corrected chi connectivity index (χ2v) is 8.99. The van der Waals surface area contributed by atoms with E-state index in [0.29, 0.717) is 56.0 Å². The summed E-state index contributed by atoms with van der Waals surface area (Å²) in [6, 6.07) is 5.08. The Morgan fingerprint density at radius 2 is 1.81 bits per heavy atom. The van der Waals surface area contributed by atoms with Crippen LogP contribution in [0.5, 0.6) is 0 Å². The van der Waals surface area contributed by atoms with E-state index in [-0.39, 0.29) is 12.3 Å². The van der Waals surface area contributed by atoms with Crippen molar-refractivity contribution in [3.63, 3.8) is 0 Å². The first-order valence-electron chi connectivity index (χ1n) is 11.0. The molecule has 0 aromatic heterocycles. The third-order valence-electron chi connectivity index (χ3n) is 5.90. The van der Waals surface area contributed by atoms with Crippen molar-refractivity contribution in [1.82, 2.24) is 4.90 Å². The number of hydrogen-bond acceptors (Lipinski definition) is 5. The molecule has 9 heteroatoms. The van der Waals surface area contributed by atoms with E-state index in [1.807, 2.05) is 6.92 Å². The largest absolute Gasteiger partial charge is 0.480 e. The van der Waals surface area contributed by atoms with Crippen LogP contribution in [0.1, 0.15) is 61.4 Å². The first kappa shape index (κ1) is 26.4. The summed E-state index contributed by atoms with van der Waals surface area (Å²) in [5, 5.41) is 9.27. The number of ether oxygens (including phenoxy) is 1. The van der Waals surface area contributed by atoms with Crippen LogP contribution in [0.25, 0.3) is 0 Å². The predicted molar refractivity (Wildman–Crippen MR) is 124 cm³/mol. The lowest BCUT2D eigenvalue weighted by Gasteiger charge is -2.32. The number of benzene rings is 1. The maximum atomic E-state index is 12.8. The molecule has 0 aliphatic carbocycles. The van der Waals surface area contributed by atoms with E-state index in [1.165, 1.54) is 4.90 Å². The fraction of sp³-hybridized carbons (Fsp3) is 0.609. The number of carboxylic acid groups (broad SMARTS) is 1. The Balaban J connectivity index is 2.03. The molecule has 2 atom stereocenters. The van der Waals surface area contributed by atoms with Gasteiger partial charge in [-0.25, -0.2) is 9.59 Å². The molecule has 1 aliphatic heterocycles. The molecule has 1 saturated heterocycles. The average molecular weight is 487 g/mol. The first-order valence-corrected chi connectivity index (χ1v) is 12.1. The molecule has 0 saturated carbocycles. The highest BCUT2D eigenvalue weighted by Gasteiger charge is 2.36. The molecule has 2 rings (SSSR count). The molecule has 0 unspecified atom stereocenters. The molecule has 32 heavy (non-hydrogen) atoms. The minimum absolute atomic E-state index is 0.245. The number of carbonyl (C=O) groups excluding carboxylic acids is 2. The fourth-order valence-electron chi connectivity index (χ4n) is 4.20. The summed E-state index contributed by atoms with van der Waals surface area (Å²) in [5.74, 6) is -1.08. The highest BCUT2D eigenvalue weighted by molar-refractivity contribution is 6.18. The van der Waals surface area contributed by atoms with Gasteiger partial charge in [-0.1, -0.05) is 25.5 Å². The third kappa shape index (κ3) is 6.83. The van der Waals surface area contributed by atoms with Gasteiger partial charge >= 0.3 is 11.9 Å². The quantitative estimate of drug-likeness (QED) is 0.345. The minimum atomic E-state index is -1.01. The van der Waals surface area contributed by atoms with Crippen LogP contribution < -0.4 is 5.73 Å². The van der Waals surface area contributed by atoms with E-state index in [9.17, 15) is 19.5 Å². The van der Waals surface area contributed by atoms with Crippen LogP contribution in [0, 0.1) is 0 Å². The van der Waals surface area contributed by atoms with E-state index in [2.05, 4.69) is 0 Å². The number of hydrogen-bond donors (Lipinski definition) is 2. The van der Waals surface area contributed by atoms with Gasteiger partial charge in [0, 0.05) is 31.1 Å². The second-order valence-electron chi connectivity index (χ2n) is 8.24. The van der Waals surface area contributed by atoms with Crippen LogP contribution in [-0.4, -0.2) is 63.8 Å². The number of nitrogens with zero attached hydrogens (tertiary/aromatic N) is 1. The molecule has 0 spiro atoms. The zero-order valence-electron chi connectivity index (χ0n) is 18.4. The predicted octanol–water partition coefficient (Wildman–Crippen LogP) is 3.59. The molecular formula is C23H32Cl2N2O5. The van der Waals surface area contributed by atoms with E-state index in [1.54, 1.807) is 24.3 Å². The molecule has 1 heterocycles. The van der Waals surface area contributed by atoms with Crippen molar-refractivity contribution in [3.8, 4) is 0 Å². The number of likely N-dealkylation sites (tertiary alicyclic amines) is 1. The van der Waals surface area contributed by atoms with Crippen LogP contribution >= 0.6 is 23.2 Å². The van der Waals surface area contributed by atoms with E-state index in [0.717, 1.165) is 12.0 Å². The zero-order valence-corrected chi connectivity index (χ0v) is 19.9. The van der Waals surface area contributed by atoms with Gasteiger partial charge in [0.1, 0.15) is 11.6 Å². The van der Waals surface area contributed by atoms with Crippen LogP contribution in [0.4, 0.5) is 0 Å². The van der Waals surface area contributed by atoms with Crippen molar-refractivity contribution >= 4 is 41.0 Å². The number of halogens is 2. The molecule has 1 aromatic rings. The van der Waals surface area contributed by atoms with Crippen LogP contribution in [-0.2, 0) is 20.7 Å². The third-order valence-corrected chi connectivity index (χ3v) is 6.28. The van der Waals surface area contributed by atoms with Gasteiger partial charge in [0.15, 0.2) is 0 Å². The number of rotatable bonds is 12. The molecule has 1 aliphatic rings. The standard InChI is InChI=1S/C23H32Cl2N2O5/c1-2-9-23(10-12-24,11-13-25)32-22(31)17-7-5-16(6-8-17)15-18(26)20(28)27-14-3-4-19(27)21(29)30/h5-8,18-19H,2-4,9-15,26H2,1H3,(H,29,30)/t18-,19-/m0/s1. The Bertz CT molecular complexity index is 770. The highest BCUT2D eigenvalue weighted by Crippen LogP contribution is 2.29. The van der Waals surface area contributed by atoms with Crippen LogP contribution in [0.3, 0.4) is 0 Å². The molecule has 1 aromatic carbocycles. The number of amides is 1. The van der Waals surface area contributed by atoms with E-state index in [4.69, 9.17) is 33.7 Å². The lowest BCUT2D eigenvalue weighted by Crippen LogP contribution is -2.49. The second kappa shape index (κ2) is 12.4. The monoisotopic (exact) mass is 486 g/mol. The molecule has 3 N–H and O–H groups in total. The number of carbonyl (C=O) groups is 3. The van der Waals surface area contributed by atoms with Gasteiger partial charge in [0.2, 0.25) is 5.91 Å². The Hall–Kier alpha value is -1.83. The minimum Gasteiger partial charge on any atom is -0.480 e. The Kier molecular flexibility index (Phi) is 10.3. The van der Waals surface area contributed by atoms with Crippen molar-refractivity contribution in [2.45, 2.75) is 69.6 Å². The van der Waals surface area contributed by atoms with Crippen molar-refractivity contribution in [2.24, 2.45) is 5.73 Å². The summed E-state index contributed by atoms with van der Waals surface area (Å²) in [4.78, 5) is 38.0. The van der Waals surface area contributed by atoms with Gasteiger partial charge in [-0.15, -0.1) is 23.2 Å². The summed E-state index contributed by atoms with van der Waals surface area (Å²) >= 11 is 11.9. The summed E-state index contributed by atoms with van der Waals surface area (Å²) in [6.45, 7) is 2.42. The van der Waals surface area contributed by atoms with Crippen molar-refractivity contribution < 1.29 is 24.2 Å². The molecule has 1 amide bonds. The van der Waals surface area contributed by atoms with E-state index >= 15 is 0 Å². The van der Waals surface area contributed by atoms with Gasteiger partial charge in [-0.2, -0.15) is 0 Å². The normalized spacial score (nSPS) is 17.2. The number of aliphatic carboxylic acids is 1. The summed E-state index contributed by atoms with van der Waals surface area (Å²) in [6.07, 6.45) is 3.92. The molecule has 178 valence electrons. The fourth-order valence-corrected chi connectivity index (χ4v) is 4.89. The number of esters is 1. The lowest BCUT2D eigenvalue weighted by atomic mass is 9.91. The van der Waals surface area contributed by atoms with Gasteiger partial charge in [0.25, 0.3) is 0 Å². The summed E-state index contributed by atoms with van der Waals surface area (Å²) < 4.78 is 5.86. The molecule has 1 fully saturated rings. The van der Waals surface area contributed by atoms with Crippen molar-refractivity contribution in [2.75, 3.05) is 18.3 Å². The molecule has 0 bridgehead atoms.